The molecule has 0 aliphatic heterocycles. The van der Waals surface area contributed by atoms with Crippen LogP contribution in [0.15, 0.2) is 65.6 Å². The van der Waals surface area contributed by atoms with E-state index in [9.17, 15) is 13.2 Å². The molecule has 11 heteroatoms. The zero-order valence-corrected chi connectivity index (χ0v) is 19.2. The number of rotatable bonds is 10. The van der Waals surface area contributed by atoms with E-state index in [-0.39, 0.29) is 18.0 Å². The Morgan fingerprint density at radius 2 is 1.67 bits per heavy atom. The lowest BCUT2D eigenvalue weighted by atomic mass is 9.80. The van der Waals surface area contributed by atoms with E-state index in [0.717, 1.165) is 16.6 Å². The molecule has 9 nitrogen and oxygen atoms in total. The number of benzene rings is 3. The summed E-state index contributed by atoms with van der Waals surface area (Å²) in [7, 11) is -1.72. The van der Waals surface area contributed by atoms with Crippen LogP contribution in [0.25, 0.3) is 10.8 Å². The maximum atomic E-state index is 13.1. The molecule has 1 atom stereocenters. The summed E-state index contributed by atoms with van der Waals surface area (Å²) in [5.74, 6) is -0.701. The highest BCUT2D eigenvalue weighted by molar-refractivity contribution is 7.89. The molecule has 0 radical (unpaired) electrons. The second-order valence-corrected chi connectivity index (χ2v) is 9.56. The molecule has 0 fully saturated rings. The summed E-state index contributed by atoms with van der Waals surface area (Å²) >= 11 is 0. The Hall–Kier alpha value is -2.96. The van der Waals surface area contributed by atoms with E-state index in [1.165, 1.54) is 6.07 Å². The number of nitrogens with two attached hydrogens (primary N) is 1. The van der Waals surface area contributed by atoms with Crippen LogP contribution in [0.5, 0.6) is 0 Å². The maximum Gasteiger partial charge on any atom is 0.488 e. The van der Waals surface area contributed by atoms with Gasteiger partial charge < -0.3 is 26.0 Å². The highest BCUT2D eigenvalue weighted by Gasteiger charge is 2.22. The molecule has 0 bridgehead atoms. The molecule has 0 saturated carbocycles. The summed E-state index contributed by atoms with van der Waals surface area (Å²) in [6, 6.07) is 16.0. The van der Waals surface area contributed by atoms with E-state index >= 15 is 0 Å². The Morgan fingerprint density at radius 1 is 1.03 bits per heavy atom. The SMILES string of the molecule is CN(C)c1cccc2c(S(=O)(=O)NCC(NCc3ccc(B(O)O)cc3)C(N)=O)cccc12. The number of hydrogen-bond donors (Lipinski definition) is 5. The van der Waals surface area contributed by atoms with Gasteiger partial charge in [-0.1, -0.05) is 48.5 Å². The van der Waals surface area contributed by atoms with Crippen LogP contribution in [0.4, 0.5) is 5.69 Å². The van der Waals surface area contributed by atoms with Gasteiger partial charge in [0, 0.05) is 43.6 Å². The Bertz CT molecular complexity index is 1230. The quantitative estimate of drug-likeness (QED) is 0.252. The average Bonchev–Trinajstić information content (AvgIpc) is 2.78. The van der Waals surface area contributed by atoms with E-state index in [1.54, 1.807) is 42.5 Å². The van der Waals surface area contributed by atoms with Crippen LogP contribution in [0.3, 0.4) is 0 Å². The van der Waals surface area contributed by atoms with Crippen molar-refractivity contribution in [1.29, 1.82) is 0 Å². The van der Waals surface area contributed by atoms with Crippen LogP contribution in [0.2, 0.25) is 0 Å². The third-order valence-corrected chi connectivity index (χ3v) is 6.76. The first-order chi connectivity index (χ1) is 15.6. The molecular weight excluding hydrogens is 443 g/mol. The number of amides is 1. The minimum atomic E-state index is -3.93. The zero-order valence-electron chi connectivity index (χ0n) is 18.4. The average molecular weight is 470 g/mol. The topological polar surface area (TPSA) is 145 Å². The van der Waals surface area contributed by atoms with Gasteiger partial charge in [0.2, 0.25) is 15.9 Å². The summed E-state index contributed by atoms with van der Waals surface area (Å²) in [5, 5.41) is 22.6. The molecule has 3 aromatic rings. The third-order valence-electron chi connectivity index (χ3n) is 5.28. The maximum absolute atomic E-state index is 13.1. The summed E-state index contributed by atoms with van der Waals surface area (Å²) in [6.45, 7) is 0.00641. The number of carbonyl (C=O) groups excluding carboxylic acids is 1. The van der Waals surface area contributed by atoms with Crippen molar-refractivity contribution in [3.8, 4) is 0 Å². The number of carbonyl (C=O) groups is 1. The second-order valence-electron chi connectivity index (χ2n) is 7.83. The van der Waals surface area contributed by atoms with Gasteiger partial charge in [0.15, 0.2) is 0 Å². The molecule has 1 amide bonds. The first kappa shape index (κ1) is 24.7. The van der Waals surface area contributed by atoms with Crippen molar-refractivity contribution in [2.75, 3.05) is 25.5 Å². The Labute approximate surface area is 193 Å². The van der Waals surface area contributed by atoms with Crippen molar-refractivity contribution in [2.45, 2.75) is 17.5 Å². The summed E-state index contributed by atoms with van der Waals surface area (Å²) in [6.07, 6.45) is 0. The monoisotopic (exact) mass is 470 g/mol. The van der Waals surface area contributed by atoms with Crippen molar-refractivity contribution in [3.05, 3.63) is 66.2 Å². The van der Waals surface area contributed by atoms with Gasteiger partial charge in [0.1, 0.15) is 6.04 Å². The van der Waals surface area contributed by atoms with Crippen LogP contribution in [0, 0.1) is 0 Å². The molecular formula is C22H27BN4O5S. The highest BCUT2D eigenvalue weighted by Crippen LogP contribution is 2.30. The minimum Gasteiger partial charge on any atom is -0.423 e. The van der Waals surface area contributed by atoms with E-state index in [0.29, 0.717) is 10.8 Å². The molecule has 174 valence electrons. The normalized spacial score (nSPS) is 12.5. The fourth-order valence-electron chi connectivity index (χ4n) is 3.48. The largest absolute Gasteiger partial charge is 0.488 e. The molecule has 3 aromatic carbocycles. The van der Waals surface area contributed by atoms with Gasteiger partial charge in [-0.15, -0.1) is 0 Å². The van der Waals surface area contributed by atoms with Crippen LogP contribution >= 0.6 is 0 Å². The predicted octanol–water partition coefficient (Wildman–Crippen LogP) is -0.492. The minimum absolute atomic E-state index is 0.116. The summed E-state index contributed by atoms with van der Waals surface area (Å²) < 4.78 is 28.6. The van der Waals surface area contributed by atoms with Gasteiger partial charge in [-0.25, -0.2) is 13.1 Å². The first-order valence-corrected chi connectivity index (χ1v) is 11.7. The molecule has 0 saturated heterocycles. The van der Waals surface area contributed by atoms with Gasteiger partial charge in [0.05, 0.1) is 4.90 Å². The van der Waals surface area contributed by atoms with Gasteiger partial charge in [-0.05, 0) is 23.2 Å². The number of nitrogens with zero attached hydrogens (tertiary/aromatic N) is 1. The van der Waals surface area contributed by atoms with Gasteiger partial charge >= 0.3 is 7.12 Å². The van der Waals surface area contributed by atoms with Crippen molar-refractivity contribution in [1.82, 2.24) is 10.0 Å². The number of hydrogen-bond acceptors (Lipinski definition) is 7. The Morgan fingerprint density at radius 3 is 2.27 bits per heavy atom. The summed E-state index contributed by atoms with van der Waals surface area (Å²) in [4.78, 5) is 13.9. The van der Waals surface area contributed by atoms with E-state index < -0.39 is 29.1 Å². The van der Waals surface area contributed by atoms with Crippen LogP contribution in [-0.2, 0) is 21.4 Å². The van der Waals surface area contributed by atoms with E-state index in [1.807, 2.05) is 31.1 Å². The third kappa shape index (κ3) is 5.89. The van der Waals surface area contributed by atoms with Crippen LogP contribution < -0.4 is 26.1 Å². The van der Waals surface area contributed by atoms with Crippen molar-refractivity contribution < 1.29 is 23.3 Å². The van der Waals surface area contributed by atoms with Gasteiger partial charge in [-0.3, -0.25) is 4.79 Å². The molecule has 0 spiro atoms. The van der Waals surface area contributed by atoms with Gasteiger partial charge in [-0.2, -0.15) is 0 Å². The lowest BCUT2D eigenvalue weighted by molar-refractivity contribution is -0.119. The fraction of sp³-hybridized carbons (Fsp3) is 0.227. The molecule has 1 unspecified atom stereocenters. The summed E-state index contributed by atoms with van der Waals surface area (Å²) in [5.41, 5.74) is 7.46. The molecule has 0 aliphatic rings. The smallest absolute Gasteiger partial charge is 0.423 e. The Kier molecular flexibility index (Phi) is 7.72. The van der Waals surface area contributed by atoms with Gasteiger partial charge in [0.25, 0.3) is 0 Å². The fourth-order valence-corrected chi connectivity index (χ4v) is 4.75. The van der Waals surface area contributed by atoms with Crippen molar-refractivity contribution in [3.63, 3.8) is 0 Å². The van der Waals surface area contributed by atoms with Crippen molar-refractivity contribution >= 4 is 45.0 Å². The van der Waals surface area contributed by atoms with Crippen LogP contribution in [0.1, 0.15) is 5.56 Å². The zero-order chi connectivity index (χ0) is 24.2. The molecule has 33 heavy (non-hydrogen) atoms. The lowest BCUT2D eigenvalue weighted by Gasteiger charge is -2.19. The number of primary amides is 1. The highest BCUT2D eigenvalue weighted by atomic mass is 32.2. The molecule has 0 aromatic heterocycles. The number of sulfonamides is 1. The number of nitrogens with one attached hydrogen (secondary N) is 2. The standard InChI is InChI=1S/C22H27BN4O5S/c1-27(2)20-7-3-6-18-17(20)5-4-8-21(18)33(31,32)26-14-19(22(24)28)25-13-15-9-11-16(12-10-15)23(29)30/h3-12,19,25-26,29-30H,13-14H2,1-2H3,(H2,24,28). The van der Waals surface area contributed by atoms with Crippen molar-refractivity contribution in [2.24, 2.45) is 5.73 Å². The molecule has 3 rings (SSSR count). The molecule has 0 aliphatic carbocycles. The lowest BCUT2D eigenvalue weighted by Crippen LogP contribution is -2.48. The Balaban J connectivity index is 1.75. The number of fused-ring (bicyclic) bond motifs is 1. The predicted molar refractivity (Wildman–Crippen MR) is 130 cm³/mol. The number of anilines is 1. The van der Waals surface area contributed by atoms with Crippen LogP contribution in [-0.4, -0.2) is 58.2 Å². The second kappa shape index (κ2) is 10.3. The van der Waals surface area contributed by atoms with E-state index in [2.05, 4.69) is 10.0 Å². The molecule has 6 N–H and O–H groups in total. The van der Waals surface area contributed by atoms with E-state index in [4.69, 9.17) is 15.8 Å². The molecule has 0 heterocycles. The first-order valence-electron chi connectivity index (χ1n) is 10.3.